The Morgan fingerprint density at radius 1 is 1.80 bits per heavy atom. The molecule has 0 aromatic carbocycles. The van der Waals surface area contributed by atoms with Crippen LogP contribution in [0.5, 0.6) is 0 Å². The summed E-state index contributed by atoms with van der Waals surface area (Å²) in [4.78, 5) is 8.95. The normalized spacial score (nSPS) is 4.20. The Bertz CT molecular complexity index is 21.6. The molecule has 0 fully saturated rings. The Hall–Kier alpha value is 1.04. The first-order valence-corrected chi connectivity index (χ1v) is 0.880. The van der Waals surface area contributed by atoms with Crippen LogP contribution in [0, 0.1) is 0 Å². The zero-order valence-corrected chi connectivity index (χ0v) is 2.39. The molecule has 28 valence electrons. The molecule has 0 aliphatic rings. The fourth-order valence-corrected chi connectivity index (χ4v) is 0. The molecule has 5 heavy (non-hydrogen) atoms. The second-order valence-electron chi connectivity index (χ2n) is 0.332. The first kappa shape index (κ1) is 9.40. The predicted octanol–water partition coefficient (Wildman–Crippen LogP) is -1.13. The maximum absolute atomic E-state index is 8.95. The van der Waals surface area contributed by atoms with Gasteiger partial charge in [-0.15, -0.1) is 0 Å². The van der Waals surface area contributed by atoms with Gasteiger partial charge in [0.25, 0.3) is 6.47 Å². The van der Waals surface area contributed by atoms with Gasteiger partial charge in [0.05, 0.1) is 7.11 Å². The monoisotopic (exact) mass is 200 g/mol. The SMILES string of the molecule is COC=O.[BaH2]. The van der Waals surface area contributed by atoms with Crippen LogP contribution in [0.15, 0.2) is 0 Å². The standard InChI is InChI=1S/C2H4O2.Ba.2H/c1-4-2-3;;;/h2H,1H3;;;. The molecule has 0 aliphatic carbocycles. The van der Waals surface area contributed by atoms with Crippen molar-refractivity contribution >= 4 is 55.4 Å². The Labute approximate surface area is 71.0 Å². The van der Waals surface area contributed by atoms with Gasteiger partial charge >= 0.3 is 48.9 Å². The molecule has 0 atom stereocenters. The van der Waals surface area contributed by atoms with Crippen molar-refractivity contribution < 1.29 is 9.53 Å². The Morgan fingerprint density at radius 2 is 2.00 bits per heavy atom. The summed E-state index contributed by atoms with van der Waals surface area (Å²) >= 11 is 0. The molecule has 0 heterocycles. The molecule has 2 nitrogen and oxygen atoms in total. The third-order valence-corrected chi connectivity index (χ3v) is 0.0962. The van der Waals surface area contributed by atoms with Gasteiger partial charge in [-0.2, -0.15) is 0 Å². The number of hydrogen-bond donors (Lipinski definition) is 0. The number of methoxy groups -OCH3 is 1. The van der Waals surface area contributed by atoms with Gasteiger partial charge in [-0.3, -0.25) is 4.79 Å². The van der Waals surface area contributed by atoms with E-state index >= 15 is 0 Å². The van der Waals surface area contributed by atoms with E-state index in [-0.39, 0.29) is 48.9 Å². The van der Waals surface area contributed by atoms with Gasteiger partial charge in [-0.05, 0) is 0 Å². The van der Waals surface area contributed by atoms with E-state index in [1.807, 2.05) is 0 Å². The fourth-order valence-electron chi connectivity index (χ4n) is 0. The van der Waals surface area contributed by atoms with Crippen LogP contribution in [0.25, 0.3) is 0 Å². The third-order valence-electron chi connectivity index (χ3n) is 0.0962. The van der Waals surface area contributed by atoms with Crippen molar-refractivity contribution in [3.05, 3.63) is 0 Å². The molecule has 0 aliphatic heterocycles. The molecule has 0 unspecified atom stereocenters. The van der Waals surface area contributed by atoms with Gasteiger partial charge in [0.2, 0.25) is 0 Å². The van der Waals surface area contributed by atoms with Gasteiger partial charge in [-0.25, -0.2) is 0 Å². The van der Waals surface area contributed by atoms with Gasteiger partial charge in [0, 0.05) is 0 Å². The zero-order valence-electron chi connectivity index (χ0n) is 2.39. The minimum absolute atomic E-state index is 0. The van der Waals surface area contributed by atoms with E-state index in [1.165, 1.54) is 7.11 Å². The zero-order chi connectivity index (χ0) is 3.41. The predicted molar refractivity (Wildman–Crippen MR) is 21.6 cm³/mol. The molecule has 0 bridgehead atoms. The van der Waals surface area contributed by atoms with E-state index in [0.29, 0.717) is 6.47 Å². The van der Waals surface area contributed by atoms with Crippen LogP contribution in [-0.2, 0) is 9.53 Å². The number of hydrogen-bond acceptors (Lipinski definition) is 2. The first-order chi connectivity index (χ1) is 1.91. The van der Waals surface area contributed by atoms with Crippen molar-refractivity contribution in [2.24, 2.45) is 0 Å². The Morgan fingerprint density at radius 3 is 2.00 bits per heavy atom. The summed E-state index contributed by atoms with van der Waals surface area (Å²) in [5, 5.41) is 0. The minimum atomic E-state index is 0. The third kappa shape index (κ3) is 11.2. The van der Waals surface area contributed by atoms with Crippen molar-refractivity contribution in [2.75, 3.05) is 7.11 Å². The molecule has 0 rings (SSSR count). The molecule has 0 aromatic rings. The van der Waals surface area contributed by atoms with Crippen LogP contribution in [0.1, 0.15) is 0 Å². The summed E-state index contributed by atoms with van der Waals surface area (Å²) in [6, 6.07) is 0. The average Bonchev–Trinajstić information content (AvgIpc) is 1.37. The summed E-state index contributed by atoms with van der Waals surface area (Å²) in [6.45, 7) is 0.375. The molecular formula is C2H6BaO2. The molecule has 0 saturated carbocycles. The summed E-state index contributed by atoms with van der Waals surface area (Å²) in [6.07, 6.45) is 0. The van der Waals surface area contributed by atoms with E-state index < -0.39 is 0 Å². The van der Waals surface area contributed by atoms with Gasteiger partial charge < -0.3 is 4.74 Å². The quantitative estimate of drug-likeness (QED) is 0.395. The van der Waals surface area contributed by atoms with Crippen molar-refractivity contribution in [3.8, 4) is 0 Å². The van der Waals surface area contributed by atoms with Crippen molar-refractivity contribution in [1.82, 2.24) is 0 Å². The van der Waals surface area contributed by atoms with Crippen molar-refractivity contribution in [3.63, 3.8) is 0 Å². The Kier molecular flexibility index (Phi) is 16.7. The van der Waals surface area contributed by atoms with Gasteiger partial charge in [0.15, 0.2) is 0 Å². The van der Waals surface area contributed by atoms with Crippen molar-refractivity contribution in [1.29, 1.82) is 0 Å². The van der Waals surface area contributed by atoms with Crippen LogP contribution in [0.3, 0.4) is 0 Å². The summed E-state index contributed by atoms with van der Waals surface area (Å²) in [7, 11) is 1.31. The number of carbonyl (C=O) groups is 1. The van der Waals surface area contributed by atoms with Crippen LogP contribution in [-0.4, -0.2) is 62.5 Å². The number of ether oxygens (including phenoxy) is 1. The topological polar surface area (TPSA) is 26.3 Å². The van der Waals surface area contributed by atoms with Crippen LogP contribution in [0.4, 0.5) is 0 Å². The van der Waals surface area contributed by atoms with Crippen LogP contribution < -0.4 is 0 Å². The summed E-state index contributed by atoms with van der Waals surface area (Å²) in [5.74, 6) is 0. The summed E-state index contributed by atoms with van der Waals surface area (Å²) in [5.41, 5.74) is 0. The maximum atomic E-state index is 8.95. The molecule has 0 aromatic heterocycles. The second kappa shape index (κ2) is 8.90. The number of rotatable bonds is 1. The molecule has 3 heteroatoms. The van der Waals surface area contributed by atoms with Gasteiger partial charge in [0.1, 0.15) is 0 Å². The molecular weight excluding hydrogens is 193 g/mol. The first-order valence-electron chi connectivity index (χ1n) is 0.880. The van der Waals surface area contributed by atoms with E-state index in [9.17, 15) is 0 Å². The van der Waals surface area contributed by atoms with E-state index in [4.69, 9.17) is 4.79 Å². The number of carbonyl (C=O) groups excluding carboxylic acids is 1. The van der Waals surface area contributed by atoms with Crippen LogP contribution in [0.2, 0.25) is 0 Å². The fraction of sp³-hybridized carbons (Fsp3) is 0.500. The molecule has 0 spiro atoms. The van der Waals surface area contributed by atoms with Crippen molar-refractivity contribution in [2.45, 2.75) is 0 Å². The van der Waals surface area contributed by atoms with E-state index in [2.05, 4.69) is 4.74 Å². The van der Waals surface area contributed by atoms with E-state index in [0.717, 1.165) is 0 Å². The molecule has 0 amide bonds. The summed E-state index contributed by atoms with van der Waals surface area (Å²) < 4.78 is 3.86. The van der Waals surface area contributed by atoms with Crippen LogP contribution >= 0.6 is 0 Å². The molecule has 0 saturated heterocycles. The average molecular weight is 199 g/mol. The second-order valence-corrected chi connectivity index (χ2v) is 0.332. The van der Waals surface area contributed by atoms with E-state index in [1.54, 1.807) is 0 Å². The van der Waals surface area contributed by atoms with Gasteiger partial charge in [-0.1, -0.05) is 0 Å². The molecule has 0 radical (unpaired) electrons. The Balaban J connectivity index is 0. The molecule has 0 N–H and O–H groups in total.